The van der Waals surface area contributed by atoms with E-state index < -0.39 is 0 Å². The van der Waals surface area contributed by atoms with Gasteiger partial charge in [0.25, 0.3) is 0 Å². The first-order valence-corrected chi connectivity index (χ1v) is 6.13. The fraction of sp³-hybridized carbons (Fsp3) is 0.462. The Morgan fingerprint density at radius 2 is 2.39 bits per heavy atom. The van der Waals surface area contributed by atoms with Crippen LogP contribution < -0.4 is 15.8 Å². The molecule has 0 aliphatic carbocycles. The summed E-state index contributed by atoms with van der Waals surface area (Å²) in [4.78, 5) is 2.28. The molecule has 0 unspecified atom stereocenters. The van der Waals surface area contributed by atoms with Gasteiger partial charge in [0.15, 0.2) is 5.75 Å². The van der Waals surface area contributed by atoms with Gasteiger partial charge < -0.3 is 20.7 Å². The van der Waals surface area contributed by atoms with Gasteiger partial charge >= 0.3 is 0 Å². The van der Waals surface area contributed by atoms with Gasteiger partial charge in [0.2, 0.25) is 0 Å². The molecule has 2 heterocycles. The molecule has 1 aromatic rings. The zero-order valence-corrected chi connectivity index (χ0v) is 10.3. The van der Waals surface area contributed by atoms with Crippen molar-refractivity contribution >= 4 is 11.4 Å². The van der Waals surface area contributed by atoms with Crippen LogP contribution in [0.1, 0.15) is 12.0 Å². The van der Waals surface area contributed by atoms with E-state index in [4.69, 9.17) is 15.7 Å². The van der Waals surface area contributed by atoms with Gasteiger partial charge in [-0.2, -0.15) is 5.26 Å². The number of nitriles is 1. The fourth-order valence-corrected chi connectivity index (χ4v) is 2.67. The number of benzene rings is 1. The molecule has 1 saturated heterocycles. The molecule has 94 valence electrons. The second kappa shape index (κ2) is 4.07. The molecule has 0 spiro atoms. The lowest BCUT2D eigenvalue weighted by Crippen LogP contribution is -2.53. The van der Waals surface area contributed by atoms with Gasteiger partial charge in [0.1, 0.15) is 17.7 Å². The fourth-order valence-electron chi connectivity index (χ4n) is 2.67. The zero-order chi connectivity index (χ0) is 12.7. The Morgan fingerprint density at radius 1 is 1.56 bits per heavy atom. The van der Waals surface area contributed by atoms with Gasteiger partial charge in [-0.15, -0.1) is 0 Å². The van der Waals surface area contributed by atoms with Crippen molar-refractivity contribution in [3.63, 3.8) is 0 Å². The number of hydrogen-bond donors (Lipinski definition) is 2. The predicted molar refractivity (Wildman–Crippen MR) is 69.5 cm³/mol. The summed E-state index contributed by atoms with van der Waals surface area (Å²) in [7, 11) is 2.11. The zero-order valence-electron chi connectivity index (χ0n) is 10.3. The number of likely N-dealkylation sites (tertiary alicyclic amines) is 1. The summed E-state index contributed by atoms with van der Waals surface area (Å²) in [6.07, 6.45) is 1.09. The summed E-state index contributed by atoms with van der Waals surface area (Å²) in [5.74, 6) is 0.614. The quantitative estimate of drug-likeness (QED) is 0.666. The van der Waals surface area contributed by atoms with Crippen molar-refractivity contribution in [1.82, 2.24) is 4.90 Å². The summed E-state index contributed by atoms with van der Waals surface area (Å²) in [6.45, 7) is 1.97. The van der Waals surface area contributed by atoms with Crippen molar-refractivity contribution in [1.29, 1.82) is 5.26 Å². The largest absolute Gasteiger partial charge is 0.485 e. The first-order chi connectivity index (χ1) is 8.69. The van der Waals surface area contributed by atoms with Crippen LogP contribution in [0.2, 0.25) is 0 Å². The third-order valence-electron chi connectivity index (χ3n) is 3.66. The normalized spacial score (nSPS) is 26.2. The molecule has 0 saturated carbocycles. The summed E-state index contributed by atoms with van der Waals surface area (Å²) in [5.41, 5.74) is 7.60. The molecule has 0 aromatic heterocycles. The second-order valence-electron chi connectivity index (χ2n) is 4.98. The minimum atomic E-state index is 0.127. The third kappa shape index (κ3) is 1.66. The van der Waals surface area contributed by atoms with Gasteiger partial charge in [0, 0.05) is 13.1 Å². The number of piperidine rings is 1. The van der Waals surface area contributed by atoms with Crippen molar-refractivity contribution in [2.45, 2.75) is 18.6 Å². The highest BCUT2D eigenvalue weighted by Crippen LogP contribution is 2.38. The summed E-state index contributed by atoms with van der Waals surface area (Å²) < 4.78 is 6.00. The Bertz CT molecular complexity index is 522. The molecular formula is C13H16N4O. The highest BCUT2D eigenvalue weighted by Gasteiger charge is 2.35. The minimum Gasteiger partial charge on any atom is -0.485 e. The van der Waals surface area contributed by atoms with Crippen LogP contribution in [-0.4, -0.2) is 37.2 Å². The van der Waals surface area contributed by atoms with Crippen LogP contribution in [0, 0.1) is 11.3 Å². The predicted octanol–water partition coefficient (Wildman–Crippen LogP) is 1.02. The molecule has 1 fully saturated rings. The lowest BCUT2D eigenvalue weighted by Gasteiger charge is -2.41. The van der Waals surface area contributed by atoms with Crippen LogP contribution in [0.5, 0.6) is 5.75 Å². The summed E-state index contributed by atoms with van der Waals surface area (Å²) >= 11 is 0. The van der Waals surface area contributed by atoms with Crippen LogP contribution in [0.3, 0.4) is 0 Å². The molecule has 1 aromatic carbocycles. The van der Waals surface area contributed by atoms with Crippen LogP contribution in [0.15, 0.2) is 12.1 Å². The molecule has 18 heavy (non-hydrogen) atoms. The third-order valence-corrected chi connectivity index (χ3v) is 3.66. The van der Waals surface area contributed by atoms with Crippen LogP contribution in [0.25, 0.3) is 0 Å². The number of anilines is 2. The van der Waals surface area contributed by atoms with Gasteiger partial charge in [-0.05, 0) is 25.6 Å². The van der Waals surface area contributed by atoms with Crippen LogP contribution in [-0.2, 0) is 0 Å². The van der Waals surface area contributed by atoms with E-state index in [1.165, 1.54) is 0 Å². The summed E-state index contributed by atoms with van der Waals surface area (Å²) in [6, 6.07) is 6.05. The van der Waals surface area contributed by atoms with Crippen molar-refractivity contribution in [2.75, 3.05) is 31.2 Å². The number of hydrogen-bond acceptors (Lipinski definition) is 5. The first kappa shape index (κ1) is 11.2. The van der Waals surface area contributed by atoms with Crippen molar-refractivity contribution in [2.24, 2.45) is 0 Å². The smallest absolute Gasteiger partial charge is 0.162 e. The molecule has 2 atom stereocenters. The monoisotopic (exact) mass is 244 g/mol. The van der Waals surface area contributed by atoms with E-state index in [0.29, 0.717) is 17.0 Å². The Kier molecular flexibility index (Phi) is 2.53. The molecule has 0 bridgehead atoms. The molecule has 0 radical (unpaired) electrons. The number of rotatable bonds is 0. The van der Waals surface area contributed by atoms with E-state index in [0.717, 1.165) is 25.2 Å². The van der Waals surface area contributed by atoms with Crippen LogP contribution in [0.4, 0.5) is 11.4 Å². The maximum absolute atomic E-state index is 9.17. The molecule has 0 amide bonds. The molecule has 3 rings (SSSR count). The number of nitrogens with one attached hydrogen (secondary N) is 1. The Balaban J connectivity index is 1.98. The maximum Gasteiger partial charge on any atom is 0.162 e. The molecule has 5 heteroatoms. The van der Waals surface area contributed by atoms with Crippen molar-refractivity contribution in [3.05, 3.63) is 17.7 Å². The average molecular weight is 244 g/mol. The topological polar surface area (TPSA) is 74.3 Å². The van der Waals surface area contributed by atoms with E-state index in [9.17, 15) is 0 Å². The lowest BCUT2D eigenvalue weighted by atomic mass is 9.98. The molecule has 5 nitrogen and oxygen atoms in total. The highest BCUT2D eigenvalue weighted by molar-refractivity contribution is 5.73. The number of fused-ring (bicyclic) bond motifs is 2. The standard InChI is InChI=1S/C13H16N4O/c1-17-5-4-12-11(7-17)16-10-3-2-9(15)8(6-14)13(10)18-12/h2-3,11-12,16H,4-5,7,15H2,1H3/t11-,12-/m1/s1. The van der Waals surface area contributed by atoms with Gasteiger partial charge in [0.05, 0.1) is 17.4 Å². The molecule has 3 N–H and O–H groups in total. The Labute approximate surface area is 106 Å². The lowest BCUT2D eigenvalue weighted by molar-refractivity contribution is 0.0924. The van der Waals surface area contributed by atoms with Gasteiger partial charge in [-0.1, -0.05) is 0 Å². The van der Waals surface area contributed by atoms with Crippen molar-refractivity contribution < 1.29 is 4.74 Å². The Morgan fingerprint density at radius 3 is 3.17 bits per heavy atom. The number of ether oxygens (including phenoxy) is 1. The first-order valence-electron chi connectivity index (χ1n) is 6.13. The molecule has 2 aliphatic rings. The van der Waals surface area contributed by atoms with Gasteiger partial charge in [-0.3, -0.25) is 0 Å². The maximum atomic E-state index is 9.17. The van der Waals surface area contributed by atoms with Gasteiger partial charge in [-0.25, -0.2) is 0 Å². The average Bonchev–Trinajstić information content (AvgIpc) is 2.36. The summed E-state index contributed by atoms with van der Waals surface area (Å²) in [5, 5.41) is 12.6. The van der Waals surface area contributed by atoms with Crippen molar-refractivity contribution in [3.8, 4) is 11.8 Å². The Hall–Kier alpha value is -1.93. The SMILES string of the molecule is CN1CC[C@H]2Oc3c(ccc(N)c3C#N)N[C@@H]2C1. The van der Waals surface area contributed by atoms with E-state index in [1.807, 2.05) is 6.07 Å². The highest BCUT2D eigenvalue weighted by atomic mass is 16.5. The number of nitrogens with two attached hydrogens (primary N) is 1. The number of nitrogen functional groups attached to an aromatic ring is 1. The second-order valence-corrected chi connectivity index (χ2v) is 4.98. The van der Waals surface area contributed by atoms with E-state index in [-0.39, 0.29) is 12.1 Å². The number of likely N-dealkylation sites (N-methyl/N-ethyl adjacent to an activating group) is 1. The number of nitrogens with zero attached hydrogens (tertiary/aromatic N) is 2. The molecule has 2 aliphatic heterocycles. The van der Waals surface area contributed by atoms with E-state index in [2.05, 4.69) is 23.3 Å². The van der Waals surface area contributed by atoms with E-state index >= 15 is 0 Å². The molecular weight excluding hydrogens is 228 g/mol. The van der Waals surface area contributed by atoms with Crippen LogP contribution >= 0.6 is 0 Å². The van der Waals surface area contributed by atoms with E-state index in [1.54, 1.807) is 6.07 Å². The minimum absolute atomic E-state index is 0.127.